The fourth-order valence-electron chi connectivity index (χ4n) is 4.02. The van der Waals surface area contributed by atoms with Gasteiger partial charge >= 0.3 is 6.16 Å². The molecule has 0 saturated carbocycles. The zero-order chi connectivity index (χ0) is 25.0. The molecule has 0 aliphatic carbocycles. The molecule has 0 radical (unpaired) electrons. The number of nitrogens with zero attached hydrogens (tertiary/aromatic N) is 2. The van der Waals surface area contributed by atoms with Crippen LogP contribution in [0.2, 0.25) is 0 Å². The number of aromatic nitrogens is 2. The Balaban J connectivity index is 1.22. The van der Waals surface area contributed by atoms with Crippen molar-refractivity contribution < 1.29 is 23.9 Å². The number of fused-ring (bicyclic) bond motifs is 1. The Bertz CT molecular complexity index is 1170. The number of primary amides is 1. The van der Waals surface area contributed by atoms with Crippen molar-refractivity contribution in [3.8, 4) is 17.1 Å². The van der Waals surface area contributed by atoms with Gasteiger partial charge in [-0.1, -0.05) is 0 Å². The third kappa shape index (κ3) is 6.73. The Morgan fingerprint density at radius 1 is 1.11 bits per heavy atom. The van der Waals surface area contributed by atoms with E-state index in [1.54, 1.807) is 23.3 Å². The number of carbonyl (C=O) groups excluding carboxylic acids is 2. The molecule has 1 aromatic heterocycles. The van der Waals surface area contributed by atoms with Crippen molar-refractivity contribution in [2.24, 2.45) is 11.7 Å². The second-order valence-electron chi connectivity index (χ2n) is 9.77. The van der Waals surface area contributed by atoms with Crippen LogP contribution >= 0.6 is 0 Å². The third-order valence-corrected chi connectivity index (χ3v) is 5.86. The highest BCUT2D eigenvalue weighted by atomic mass is 16.8. The molecule has 1 amide bonds. The number of hydroxylamine groups is 2. The maximum atomic E-state index is 11.8. The smallest absolute Gasteiger partial charge is 0.494 e. The highest BCUT2D eigenvalue weighted by Gasteiger charge is 2.25. The van der Waals surface area contributed by atoms with E-state index in [2.05, 4.69) is 9.97 Å². The molecule has 35 heavy (non-hydrogen) atoms. The van der Waals surface area contributed by atoms with Crippen LogP contribution in [0, 0.1) is 5.92 Å². The molecule has 186 valence electrons. The maximum Gasteiger partial charge on any atom is 0.528 e. The number of ether oxygens (including phenoxy) is 2. The lowest BCUT2D eigenvalue weighted by Gasteiger charge is -2.31. The first-order valence-electron chi connectivity index (χ1n) is 11.8. The second kappa shape index (κ2) is 10.4. The number of benzene rings is 2. The predicted molar refractivity (Wildman–Crippen MR) is 132 cm³/mol. The normalized spacial score (nSPS) is 15.2. The van der Waals surface area contributed by atoms with Gasteiger partial charge in [-0.05, 0) is 88.4 Å². The summed E-state index contributed by atoms with van der Waals surface area (Å²) in [7, 11) is 0. The number of nitrogens with one attached hydrogen (secondary N) is 1. The van der Waals surface area contributed by atoms with E-state index in [1.165, 1.54) is 0 Å². The van der Waals surface area contributed by atoms with E-state index in [1.807, 2.05) is 45.0 Å². The highest BCUT2D eigenvalue weighted by molar-refractivity contribution is 5.96. The predicted octanol–water partition coefficient (Wildman–Crippen LogP) is 4.68. The average Bonchev–Trinajstić information content (AvgIpc) is 3.23. The SMILES string of the molecule is CC(C)(C)OC(=O)ON1CCC(CCOc2ccc(-c3nc4ccc(C(N)=O)cc4[nH]3)cc2)CC1. The molecule has 0 unspecified atom stereocenters. The quantitative estimate of drug-likeness (QED) is 0.471. The number of H-pyrrole nitrogens is 1. The summed E-state index contributed by atoms with van der Waals surface area (Å²) in [6.45, 7) is 7.45. The molecule has 1 aliphatic heterocycles. The van der Waals surface area contributed by atoms with E-state index in [0.717, 1.165) is 41.6 Å². The molecule has 0 bridgehead atoms. The standard InChI is InChI=1S/C26H32N4O5/c1-26(2,3)34-25(32)35-30-13-10-17(11-14-30)12-15-33-20-7-4-18(5-8-20)24-28-21-9-6-19(23(27)31)16-22(21)29-24/h4-9,16-17H,10-15H2,1-3H3,(H2,27,31)(H,28,29). The van der Waals surface area contributed by atoms with Gasteiger partial charge in [0.15, 0.2) is 0 Å². The van der Waals surface area contributed by atoms with E-state index >= 15 is 0 Å². The first-order valence-corrected chi connectivity index (χ1v) is 11.8. The van der Waals surface area contributed by atoms with Gasteiger partial charge in [0.2, 0.25) is 5.91 Å². The summed E-state index contributed by atoms with van der Waals surface area (Å²) < 4.78 is 11.1. The molecule has 3 aromatic rings. The Morgan fingerprint density at radius 2 is 1.83 bits per heavy atom. The van der Waals surface area contributed by atoms with Gasteiger partial charge in [-0.3, -0.25) is 4.79 Å². The van der Waals surface area contributed by atoms with Crippen LogP contribution in [0.3, 0.4) is 0 Å². The molecule has 2 aromatic carbocycles. The van der Waals surface area contributed by atoms with E-state index in [-0.39, 0.29) is 0 Å². The van der Waals surface area contributed by atoms with E-state index in [9.17, 15) is 9.59 Å². The van der Waals surface area contributed by atoms with Crippen molar-refractivity contribution in [2.45, 2.75) is 45.6 Å². The lowest BCUT2D eigenvalue weighted by Crippen LogP contribution is -2.37. The van der Waals surface area contributed by atoms with Crippen molar-refractivity contribution in [2.75, 3.05) is 19.7 Å². The number of hydrogen-bond acceptors (Lipinski definition) is 7. The van der Waals surface area contributed by atoms with Crippen LogP contribution in [0.4, 0.5) is 4.79 Å². The summed E-state index contributed by atoms with van der Waals surface area (Å²) in [4.78, 5) is 36.3. The minimum absolute atomic E-state index is 0.442. The molecule has 9 nitrogen and oxygen atoms in total. The van der Waals surface area contributed by atoms with E-state index in [4.69, 9.17) is 20.0 Å². The van der Waals surface area contributed by atoms with Gasteiger partial charge < -0.3 is 25.0 Å². The number of aromatic amines is 1. The average molecular weight is 481 g/mol. The van der Waals surface area contributed by atoms with Crippen molar-refractivity contribution in [1.82, 2.24) is 15.0 Å². The first-order chi connectivity index (χ1) is 16.7. The highest BCUT2D eigenvalue weighted by Crippen LogP contribution is 2.25. The molecule has 1 saturated heterocycles. The zero-order valence-electron chi connectivity index (χ0n) is 20.4. The molecule has 0 spiro atoms. The Labute approximate surface area is 204 Å². The fourth-order valence-corrected chi connectivity index (χ4v) is 4.02. The summed E-state index contributed by atoms with van der Waals surface area (Å²) in [5.74, 6) is 1.57. The van der Waals surface area contributed by atoms with Crippen molar-refractivity contribution >= 4 is 23.1 Å². The minimum atomic E-state index is -0.652. The lowest BCUT2D eigenvalue weighted by molar-refractivity contribution is -0.155. The molecule has 2 heterocycles. The number of amides is 1. The number of imidazole rings is 1. The van der Waals surface area contributed by atoms with Crippen LogP contribution in [0.5, 0.6) is 5.75 Å². The van der Waals surface area contributed by atoms with Crippen LogP contribution in [0.25, 0.3) is 22.4 Å². The van der Waals surface area contributed by atoms with E-state index < -0.39 is 17.7 Å². The van der Waals surface area contributed by atoms with Gasteiger partial charge in [0.1, 0.15) is 17.2 Å². The maximum absolute atomic E-state index is 11.8. The van der Waals surface area contributed by atoms with Crippen LogP contribution in [-0.4, -0.2) is 52.4 Å². The van der Waals surface area contributed by atoms with Crippen molar-refractivity contribution in [3.05, 3.63) is 48.0 Å². The van der Waals surface area contributed by atoms with Gasteiger partial charge in [-0.25, -0.2) is 9.78 Å². The summed E-state index contributed by atoms with van der Waals surface area (Å²) >= 11 is 0. The Hall–Kier alpha value is -3.59. The molecule has 4 rings (SSSR count). The zero-order valence-corrected chi connectivity index (χ0v) is 20.4. The molecule has 1 fully saturated rings. The molecular formula is C26H32N4O5. The number of carbonyl (C=O) groups is 2. The van der Waals surface area contributed by atoms with Gasteiger partial charge in [0.25, 0.3) is 0 Å². The third-order valence-electron chi connectivity index (χ3n) is 5.86. The number of piperidine rings is 1. The van der Waals surface area contributed by atoms with Crippen LogP contribution in [0.15, 0.2) is 42.5 Å². The number of nitrogens with two attached hydrogens (primary N) is 1. The number of hydrogen-bond donors (Lipinski definition) is 2. The summed E-state index contributed by atoms with van der Waals surface area (Å²) in [6, 6.07) is 12.9. The summed E-state index contributed by atoms with van der Waals surface area (Å²) in [6.07, 6.45) is 2.16. The topological polar surface area (TPSA) is 120 Å². The second-order valence-corrected chi connectivity index (χ2v) is 9.77. The molecule has 0 atom stereocenters. The molecular weight excluding hydrogens is 448 g/mol. The van der Waals surface area contributed by atoms with Crippen molar-refractivity contribution in [1.29, 1.82) is 0 Å². The first kappa shape index (κ1) is 24.5. The summed E-state index contributed by atoms with van der Waals surface area (Å²) in [5.41, 5.74) is 7.69. The largest absolute Gasteiger partial charge is 0.528 e. The van der Waals surface area contributed by atoms with Gasteiger partial charge in [-0.2, -0.15) is 0 Å². The molecule has 1 aliphatic rings. The van der Waals surface area contributed by atoms with Crippen molar-refractivity contribution in [3.63, 3.8) is 0 Å². The van der Waals surface area contributed by atoms with Crippen LogP contribution in [-0.2, 0) is 9.57 Å². The van der Waals surface area contributed by atoms with E-state index in [0.29, 0.717) is 37.0 Å². The summed E-state index contributed by atoms with van der Waals surface area (Å²) in [5, 5.41) is 1.68. The monoisotopic (exact) mass is 480 g/mol. The number of rotatable bonds is 7. The molecule has 9 heteroatoms. The van der Waals surface area contributed by atoms with Gasteiger partial charge in [-0.15, -0.1) is 5.06 Å². The Kier molecular flexibility index (Phi) is 7.25. The lowest BCUT2D eigenvalue weighted by atomic mass is 9.95. The van der Waals surface area contributed by atoms with Crippen LogP contribution < -0.4 is 10.5 Å². The fraction of sp³-hybridized carbons (Fsp3) is 0.423. The minimum Gasteiger partial charge on any atom is -0.494 e. The van der Waals surface area contributed by atoms with Gasteiger partial charge in [0.05, 0.1) is 17.6 Å². The molecule has 3 N–H and O–H groups in total. The van der Waals surface area contributed by atoms with Crippen LogP contribution in [0.1, 0.15) is 50.4 Å². The van der Waals surface area contributed by atoms with Gasteiger partial charge in [0, 0.05) is 24.2 Å². The Morgan fingerprint density at radius 3 is 2.49 bits per heavy atom.